The first-order chi connectivity index (χ1) is 9.24. The van der Waals surface area contributed by atoms with E-state index in [1.54, 1.807) is 7.11 Å². The fourth-order valence-electron chi connectivity index (χ4n) is 2.11. The van der Waals surface area contributed by atoms with E-state index in [9.17, 15) is 0 Å². The van der Waals surface area contributed by atoms with Gasteiger partial charge in [-0.1, -0.05) is 36.5 Å². The number of benzene rings is 2. The van der Waals surface area contributed by atoms with Crippen molar-refractivity contribution >= 4 is 33.7 Å². The van der Waals surface area contributed by atoms with E-state index >= 15 is 0 Å². The molecule has 0 amide bonds. The molecule has 2 aromatic rings. The van der Waals surface area contributed by atoms with Gasteiger partial charge in [-0.05, 0) is 23.9 Å². The summed E-state index contributed by atoms with van der Waals surface area (Å²) in [5.41, 5.74) is 7.79. The van der Waals surface area contributed by atoms with Crippen LogP contribution in [0, 0.1) is 0 Å². The number of ether oxygens (including phenoxy) is 1. The summed E-state index contributed by atoms with van der Waals surface area (Å²) < 4.78 is 5.04. The van der Waals surface area contributed by atoms with Crippen LogP contribution in [0.2, 0.25) is 0 Å². The average Bonchev–Trinajstić information content (AvgIpc) is 2.43. The van der Waals surface area contributed by atoms with E-state index < -0.39 is 0 Å². The van der Waals surface area contributed by atoms with Gasteiger partial charge in [-0.25, -0.2) is 0 Å². The number of methoxy groups -OCH3 is 1. The molecule has 0 fully saturated rings. The van der Waals surface area contributed by atoms with Crippen molar-refractivity contribution in [3.05, 3.63) is 42.0 Å². The second-order valence-electron chi connectivity index (χ2n) is 4.34. The van der Waals surface area contributed by atoms with Crippen LogP contribution < -0.4 is 11.1 Å². The molecule has 0 aliphatic carbocycles. The first-order valence-corrected chi connectivity index (χ1v) is 6.69. The van der Waals surface area contributed by atoms with Gasteiger partial charge in [0.25, 0.3) is 0 Å². The predicted molar refractivity (Wildman–Crippen MR) is 84.8 cm³/mol. The van der Waals surface area contributed by atoms with Gasteiger partial charge in [0, 0.05) is 36.9 Å². The number of hydrogen-bond acceptors (Lipinski definition) is 3. The summed E-state index contributed by atoms with van der Waals surface area (Å²) in [5, 5.41) is 5.66. The molecule has 0 saturated carbocycles. The van der Waals surface area contributed by atoms with E-state index in [-0.39, 0.29) is 0 Å². The molecule has 0 radical (unpaired) electrons. The molecule has 0 aliphatic rings. The van der Waals surface area contributed by atoms with Crippen molar-refractivity contribution < 1.29 is 4.74 Å². The number of thiocarbonyl (C=S) groups is 1. The van der Waals surface area contributed by atoms with E-state index in [0.29, 0.717) is 4.99 Å². The smallest absolute Gasteiger partial charge is 0.104 e. The summed E-state index contributed by atoms with van der Waals surface area (Å²) in [6, 6.07) is 12.2. The van der Waals surface area contributed by atoms with Crippen molar-refractivity contribution in [3.63, 3.8) is 0 Å². The molecule has 2 rings (SSSR count). The highest BCUT2D eigenvalue weighted by molar-refractivity contribution is 7.80. The fraction of sp³-hybridized carbons (Fsp3) is 0.267. The monoisotopic (exact) mass is 274 g/mol. The topological polar surface area (TPSA) is 47.3 Å². The maximum absolute atomic E-state index is 5.76. The fourth-order valence-corrected chi connectivity index (χ4v) is 2.29. The number of nitrogens with two attached hydrogens (primary N) is 1. The zero-order valence-electron chi connectivity index (χ0n) is 11.0. The van der Waals surface area contributed by atoms with Gasteiger partial charge in [-0.3, -0.25) is 0 Å². The summed E-state index contributed by atoms with van der Waals surface area (Å²) >= 11 is 5.10. The largest absolute Gasteiger partial charge is 0.389 e. The van der Waals surface area contributed by atoms with Gasteiger partial charge < -0.3 is 15.8 Å². The highest BCUT2D eigenvalue weighted by Gasteiger charge is 2.06. The molecular formula is C15H18N2OS. The van der Waals surface area contributed by atoms with Gasteiger partial charge in [0.05, 0.1) is 0 Å². The summed E-state index contributed by atoms with van der Waals surface area (Å²) in [7, 11) is 1.71. The van der Waals surface area contributed by atoms with Crippen LogP contribution in [0.15, 0.2) is 36.4 Å². The van der Waals surface area contributed by atoms with Crippen LogP contribution in [0.5, 0.6) is 0 Å². The van der Waals surface area contributed by atoms with Crippen molar-refractivity contribution in [1.29, 1.82) is 0 Å². The van der Waals surface area contributed by atoms with Crippen LogP contribution in [-0.4, -0.2) is 25.2 Å². The van der Waals surface area contributed by atoms with Crippen LogP contribution in [0.4, 0.5) is 5.69 Å². The zero-order valence-corrected chi connectivity index (χ0v) is 11.8. The minimum Gasteiger partial charge on any atom is -0.389 e. The molecule has 0 saturated heterocycles. The molecule has 3 N–H and O–H groups in total. The third kappa shape index (κ3) is 3.22. The first-order valence-electron chi connectivity index (χ1n) is 6.28. The molecule has 0 atom stereocenters. The lowest BCUT2D eigenvalue weighted by Crippen LogP contribution is -2.11. The van der Waals surface area contributed by atoms with Gasteiger partial charge in [0.1, 0.15) is 4.99 Å². The van der Waals surface area contributed by atoms with E-state index in [1.165, 1.54) is 0 Å². The molecule has 0 heterocycles. The second-order valence-corrected chi connectivity index (χ2v) is 4.78. The number of rotatable bonds is 6. The van der Waals surface area contributed by atoms with Crippen LogP contribution in [0.1, 0.15) is 12.0 Å². The molecule has 19 heavy (non-hydrogen) atoms. The summed E-state index contributed by atoms with van der Waals surface area (Å²) in [5.74, 6) is 0. The number of nitrogens with one attached hydrogen (secondary N) is 1. The molecule has 100 valence electrons. The van der Waals surface area contributed by atoms with E-state index in [0.717, 1.165) is 41.6 Å². The van der Waals surface area contributed by atoms with Gasteiger partial charge >= 0.3 is 0 Å². The maximum atomic E-state index is 5.76. The van der Waals surface area contributed by atoms with Gasteiger partial charge in [-0.15, -0.1) is 0 Å². The zero-order chi connectivity index (χ0) is 13.7. The van der Waals surface area contributed by atoms with E-state index in [1.807, 2.05) is 30.3 Å². The lowest BCUT2D eigenvalue weighted by molar-refractivity contribution is 0.198. The first kappa shape index (κ1) is 13.8. The Balaban J connectivity index is 2.30. The van der Waals surface area contributed by atoms with Crippen molar-refractivity contribution in [1.82, 2.24) is 0 Å². The van der Waals surface area contributed by atoms with Crippen LogP contribution in [-0.2, 0) is 4.74 Å². The molecular weight excluding hydrogens is 256 g/mol. The number of hydrogen-bond donors (Lipinski definition) is 2. The standard InChI is InChI=1S/C15H18N2OS/c1-18-10-4-9-17-14-8-7-13(15(16)19)11-5-2-3-6-12(11)14/h2-3,5-8,17H,4,9-10H2,1H3,(H2,16,19). The lowest BCUT2D eigenvalue weighted by Gasteiger charge is -2.12. The molecule has 3 nitrogen and oxygen atoms in total. The molecule has 0 bridgehead atoms. The van der Waals surface area contributed by atoms with Crippen LogP contribution in [0.25, 0.3) is 10.8 Å². The van der Waals surface area contributed by atoms with Crippen molar-refractivity contribution in [2.45, 2.75) is 6.42 Å². The van der Waals surface area contributed by atoms with Gasteiger partial charge in [0.15, 0.2) is 0 Å². The van der Waals surface area contributed by atoms with E-state index in [2.05, 4.69) is 11.4 Å². The molecule has 0 unspecified atom stereocenters. The molecule has 0 aliphatic heterocycles. The average molecular weight is 274 g/mol. The normalized spacial score (nSPS) is 10.6. The Hall–Kier alpha value is -1.65. The Morgan fingerprint density at radius 1 is 1.21 bits per heavy atom. The van der Waals surface area contributed by atoms with Gasteiger partial charge in [-0.2, -0.15) is 0 Å². The Bertz CT molecular complexity index is 583. The van der Waals surface area contributed by atoms with Crippen LogP contribution >= 0.6 is 12.2 Å². The minimum atomic E-state index is 0.433. The summed E-state index contributed by atoms with van der Waals surface area (Å²) in [6.45, 7) is 1.64. The highest BCUT2D eigenvalue weighted by Crippen LogP contribution is 2.26. The van der Waals surface area contributed by atoms with E-state index in [4.69, 9.17) is 22.7 Å². The number of fused-ring (bicyclic) bond motifs is 1. The van der Waals surface area contributed by atoms with Crippen LogP contribution in [0.3, 0.4) is 0 Å². The molecule has 0 aromatic heterocycles. The molecule has 4 heteroatoms. The lowest BCUT2D eigenvalue weighted by atomic mass is 10.0. The Labute approximate surface area is 118 Å². The van der Waals surface area contributed by atoms with Crippen molar-refractivity contribution in [2.24, 2.45) is 5.73 Å². The third-order valence-corrected chi connectivity index (χ3v) is 3.25. The Kier molecular flexibility index (Phi) is 4.71. The summed E-state index contributed by atoms with van der Waals surface area (Å²) in [6.07, 6.45) is 0.974. The van der Waals surface area contributed by atoms with Gasteiger partial charge in [0.2, 0.25) is 0 Å². The minimum absolute atomic E-state index is 0.433. The quantitative estimate of drug-likeness (QED) is 0.628. The molecule has 2 aromatic carbocycles. The highest BCUT2D eigenvalue weighted by atomic mass is 32.1. The van der Waals surface area contributed by atoms with Crippen molar-refractivity contribution in [3.8, 4) is 0 Å². The third-order valence-electron chi connectivity index (χ3n) is 3.03. The number of anilines is 1. The SMILES string of the molecule is COCCCNc1ccc(C(N)=S)c2ccccc12. The Morgan fingerprint density at radius 3 is 2.63 bits per heavy atom. The Morgan fingerprint density at radius 2 is 1.95 bits per heavy atom. The maximum Gasteiger partial charge on any atom is 0.104 e. The predicted octanol–water partition coefficient (Wildman–Crippen LogP) is 2.92. The molecule has 0 spiro atoms. The second kappa shape index (κ2) is 6.50. The summed E-state index contributed by atoms with van der Waals surface area (Å²) in [4.78, 5) is 0.433. The van der Waals surface area contributed by atoms with Crippen molar-refractivity contribution in [2.75, 3.05) is 25.6 Å².